The van der Waals surface area contributed by atoms with Crippen molar-refractivity contribution in [3.63, 3.8) is 0 Å². The van der Waals surface area contributed by atoms with Gasteiger partial charge in [0.15, 0.2) is 0 Å². The highest BCUT2D eigenvalue weighted by Crippen LogP contribution is 2.18. The number of aromatic nitrogens is 1. The Labute approximate surface area is 108 Å². The molecule has 4 heteroatoms. The fourth-order valence-electron chi connectivity index (χ4n) is 1.83. The van der Waals surface area contributed by atoms with Crippen LogP contribution < -0.4 is 5.32 Å². The van der Waals surface area contributed by atoms with Gasteiger partial charge in [-0.3, -0.25) is 4.79 Å². The van der Waals surface area contributed by atoms with Gasteiger partial charge < -0.3 is 5.32 Å². The van der Waals surface area contributed by atoms with Crippen molar-refractivity contribution in [1.29, 1.82) is 0 Å². The van der Waals surface area contributed by atoms with Crippen LogP contribution in [0, 0.1) is 17.8 Å². The van der Waals surface area contributed by atoms with Crippen molar-refractivity contribution in [3.8, 4) is 0 Å². The molecule has 0 aliphatic heterocycles. The van der Waals surface area contributed by atoms with Crippen LogP contribution in [0.4, 0.5) is 4.39 Å². The molecular formula is C14H21FN2O. The van der Waals surface area contributed by atoms with Crippen LogP contribution in [0.3, 0.4) is 0 Å². The van der Waals surface area contributed by atoms with E-state index in [1.54, 1.807) is 0 Å². The van der Waals surface area contributed by atoms with Crippen LogP contribution >= 0.6 is 0 Å². The second kappa shape index (κ2) is 6.47. The van der Waals surface area contributed by atoms with Crippen molar-refractivity contribution in [3.05, 3.63) is 29.8 Å². The summed E-state index contributed by atoms with van der Waals surface area (Å²) in [5.74, 6) is 0.0318. The Balaban J connectivity index is 2.65. The van der Waals surface area contributed by atoms with Crippen molar-refractivity contribution in [2.24, 2.45) is 11.8 Å². The van der Waals surface area contributed by atoms with E-state index in [0.717, 1.165) is 12.5 Å². The Kier molecular flexibility index (Phi) is 5.25. The number of hydrogen-bond donors (Lipinski definition) is 1. The first-order valence-corrected chi connectivity index (χ1v) is 6.38. The highest BCUT2D eigenvalue weighted by molar-refractivity contribution is 5.94. The van der Waals surface area contributed by atoms with Gasteiger partial charge >= 0.3 is 0 Å². The van der Waals surface area contributed by atoms with Gasteiger partial charge in [-0.1, -0.05) is 27.2 Å². The van der Waals surface area contributed by atoms with Gasteiger partial charge in [0.25, 0.3) is 5.91 Å². The molecule has 18 heavy (non-hydrogen) atoms. The average Bonchev–Trinajstić information content (AvgIpc) is 2.36. The molecule has 0 aromatic carbocycles. The molecule has 1 aromatic rings. The minimum atomic E-state index is -0.634. The normalized spacial score (nSPS) is 15.8. The fourth-order valence-corrected chi connectivity index (χ4v) is 1.83. The van der Waals surface area contributed by atoms with E-state index in [0.29, 0.717) is 17.4 Å². The smallest absolute Gasteiger partial charge is 0.251 e. The average molecular weight is 252 g/mol. The molecule has 0 fully saturated rings. The highest BCUT2D eigenvalue weighted by atomic mass is 19.1. The first-order valence-electron chi connectivity index (χ1n) is 6.38. The van der Waals surface area contributed by atoms with E-state index in [2.05, 4.69) is 31.1 Å². The van der Waals surface area contributed by atoms with Gasteiger partial charge in [0.1, 0.15) is 0 Å². The molecule has 1 heterocycles. The highest BCUT2D eigenvalue weighted by Gasteiger charge is 2.20. The second-order valence-electron chi connectivity index (χ2n) is 4.87. The van der Waals surface area contributed by atoms with Crippen LogP contribution in [0.15, 0.2) is 18.3 Å². The topological polar surface area (TPSA) is 42.0 Å². The lowest BCUT2D eigenvalue weighted by molar-refractivity contribution is 0.0919. The van der Waals surface area contributed by atoms with E-state index in [1.807, 2.05) is 6.92 Å². The number of nitrogens with one attached hydrogen (secondary N) is 1. The predicted octanol–water partition coefficient (Wildman–Crippen LogP) is 3.02. The molecule has 0 saturated heterocycles. The molecule has 0 radical (unpaired) electrons. The Morgan fingerprint density at radius 3 is 2.67 bits per heavy atom. The van der Waals surface area contributed by atoms with E-state index in [4.69, 9.17) is 0 Å². The number of amides is 1. The molecule has 1 N–H and O–H groups in total. The minimum Gasteiger partial charge on any atom is -0.349 e. The Hall–Kier alpha value is -1.45. The first-order chi connectivity index (χ1) is 8.45. The number of rotatable bonds is 5. The zero-order chi connectivity index (χ0) is 13.7. The number of carbonyl (C=O) groups excluding carboxylic acids is 1. The number of pyridine rings is 1. The van der Waals surface area contributed by atoms with E-state index in [9.17, 15) is 9.18 Å². The lowest BCUT2D eigenvalue weighted by atomic mass is 9.88. The predicted molar refractivity (Wildman–Crippen MR) is 69.7 cm³/mol. The number of nitrogens with zero attached hydrogens (tertiary/aromatic N) is 1. The second-order valence-corrected chi connectivity index (χ2v) is 4.87. The van der Waals surface area contributed by atoms with Crippen molar-refractivity contribution in [1.82, 2.24) is 10.3 Å². The maximum atomic E-state index is 12.9. The van der Waals surface area contributed by atoms with Gasteiger partial charge in [-0.05, 0) is 24.8 Å². The molecule has 0 saturated carbocycles. The van der Waals surface area contributed by atoms with Crippen LogP contribution in [0.5, 0.6) is 0 Å². The van der Waals surface area contributed by atoms with Crippen LogP contribution in [-0.2, 0) is 0 Å². The summed E-state index contributed by atoms with van der Waals surface area (Å²) in [5, 5.41) is 2.90. The third kappa shape index (κ3) is 3.79. The third-order valence-electron chi connectivity index (χ3n) is 3.68. The van der Waals surface area contributed by atoms with Crippen LogP contribution in [0.25, 0.3) is 0 Å². The largest absolute Gasteiger partial charge is 0.349 e. The standard InChI is InChI=1S/C14H21FN2O/c1-5-9(2)10(3)11(4)17-14(18)12-6-7-16-13(15)8-12/h6-11H,5H2,1-4H3,(H,17,18)/t9-,10-,11?/m1/s1. The summed E-state index contributed by atoms with van der Waals surface area (Å²) in [6, 6.07) is 2.72. The van der Waals surface area contributed by atoms with Crippen LogP contribution in [-0.4, -0.2) is 16.9 Å². The summed E-state index contributed by atoms with van der Waals surface area (Å²) in [6.45, 7) is 8.39. The summed E-state index contributed by atoms with van der Waals surface area (Å²) >= 11 is 0. The number of carbonyl (C=O) groups is 1. The molecule has 0 spiro atoms. The number of halogens is 1. The number of hydrogen-bond acceptors (Lipinski definition) is 2. The minimum absolute atomic E-state index is 0.0590. The third-order valence-corrected chi connectivity index (χ3v) is 3.68. The summed E-state index contributed by atoms with van der Waals surface area (Å²) < 4.78 is 12.9. The molecule has 3 nitrogen and oxygen atoms in total. The van der Waals surface area contributed by atoms with Gasteiger partial charge in [-0.15, -0.1) is 0 Å². The van der Waals surface area contributed by atoms with Crippen LogP contribution in [0.1, 0.15) is 44.5 Å². The van der Waals surface area contributed by atoms with Crippen molar-refractivity contribution >= 4 is 5.91 Å². The van der Waals surface area contributed by atoms with Gasteiger partial charge in [0, 0.05) is 23.9 Å². The van der Waals surface area contributed by atoms with Crippen molar-refractivity contribution in [2.75, 3.05) is 0 Å². The van der Waals surface area contributed by atoms with Gasteiger partial charge in [-0.2, -0.15) is 4.39 Å². The molecular weight excluding hydrogens is 231 g/mol. The fraction of sp³-hybridized carbons (Fsp3) is 0.571. The Bertz CT molecular complexity index is 409. The Morgan fingerprint density at radius 2 is 2.11 bits per heavy atom. The Morgan fingerprint density at radius 1 is 1.44 bits per heavy atom. The molecule has 1 rings (SSSR count). The molecule has 0 aliphatic rings. The maximum absolute atomic E-state index is 12.9. The molecule has 1 amide bonds. The molecule has 0 aliphatic carbocycles. The van der Waals surface area contributed by atoms with Gasteiger partial charge in [0.05, 0.1) is 0 Å². The van der Waals surface area contributed by atoms with E-state index < -0.39 is 5.95 Å². The zero-order valence-corrected chi connectivity index (χ0v) is 11.4. The molecule has 100 valence electrons. The lowest BCUT2D eigenvalue weighted by Gasteiger charge is -2.26. The van der Waals surface area contributed by atoms with Crippen molar-refractivity contribution < 1.29 is 9.18 Å². The zero-order valence-electron chi connectivity index (χ0n) is 11.4. The SMILES string of the molecule is CC[C@@H](C)[C@@H](C)C(C)NC(=O)c1ccnc(F)c1. The van der Waals surface area contributed by atoms with E-state index in [1.165, 1.54) is 12.3 Å². The maximum Gasteiger partial charge on any atom is 0.251 e. The molecule has 1 unspecified atom stereocenters. The molecule has 3 atom stereocenters. The summed E-state index contributed by atoms with van der Waals surface area (Å²) in [6.07, 6.45) is 2.37. The van der Waals surface area contributed by atoms with Crippen LogP contribution in [0.2, 0.25) is 0 Å². The van der Waals surface area contributed by atoms with E-state index in [-0.39, 0.29) is 11.9 Å². The van der Waals surface area contributed by atoms with E-state index >= 15 is 0 Å². The summed E-state index contributed by atoms with van der Waals surface area (Å²) in [5.41, 5.74) is 0.311. The van der Waals surface area contributed by atoms with Gasteiger partial charge in [-0.25, -0.2) is 4.98 Å². The summed E-state index contributed by atoms with van der Waals surface area (Å²) in [4.78, 5) is 15.3. The molecule has 0 bridgehead atoms. The summed E-state index contributed by atoms with van der Waals surface area (Å²) in [7, 11) is 0. The monoisotopic (exact) mass is 252 g/mol. The first kappa shape index (κ1) is 14.6. The lowest BCUT2D eigenvalue weighted by Crippen LogP contribution is -2.39. The van der Waals surface area contributed by atoms with Crippen molar-refractivity contribution in [2.45, 2.75) is 40.2 Å². The quantitative estimate of drug-likeness (QED) is 0.818. The van der Waals surface area contributed by atoms with Gasteiger partial charge in [0.2, 0.25) is 5.95 Å². The molecule has 1 aromatic heterocycles.